The summed E-state index contributed by atoms with van der Waals surface area (Å²) in [7, 11) is -3.13. The third-order valence-electron chi connectivity index (χ3n) is 11.4. The van der Waals surface area contributed by atoms with Gasteiger partial charge in [0, 0.05) is 6.20 Å². The maximum Gasteiger partial charge on any atom is 0.455 e. The number of ether oxygens (including phenoxy) is 1. The van der Waals surface area contributed by atoms with Gasteiger partial charge in [-0.15, -0.1) is 0 Å². The van der Waals surface area contributed by atoms with E-state index in [0.29, 0.717) is 29.3 Å². The number of imide groups is 3. The van der Waals surface area contributed by atoms with Gasteiger partial charge in [0.1, 0.15) is 18.1 Å². The van der Waals surface area contributed by atoms with Crippen LogP contribution in [0.2, 0.25) is 11.4 Å². The molecule has 0 bridgehead atoms. The van der Waals surface area contributed by atoms with E-state index in [2.05, 4.69) is 50.0 Å². The van der Waals surface area contributed by atoms with Crippen molar-refractivity contribution in [2.75, 3.05) is 13.7 Å². The Morgan fingerprint density at radius 3 is 2.23 bits per heavy atom. The molecule has 4 aromatic rings. The molecule has 2 N–H and O–H groups in total. The second kappa shape index (κ2) is 16.3. The number of nitrogens with zero attached hydrogens (tertiary/aromatic N) is 2. The van der Waals surface area contributed by atoms with Crippen molar-refractivity contribution >= 4 is 55.4 Å². The highest BCUT2D eigenvalue weighted by Gasteiger charge is 2.60. The van der Waals surface area contributed by atoms with Crippen molar-refractivity contribution in [3.63, 3.8) is 0 Å². The van der Waals surface area contributed by atoms with Gasteiger partial charge in [-0.3, -0.25) is 14.6 Å². The third-order valence-corrected chi connectivity index (χ3v) is 16.4. The number of furan rings is 1. The van der Waals surface area contributed by atoms with Crippen molar-refractivity contribution in [3.05, 3.63) is 126 Å². The second-order valence-corrected chi connectivity index (χ2v) is 19.9. The lowest BCUT2D eigenvalue weighted by atomic mass is 9.58. The van der Waals surface area contributed by atoms with Crippen molar-refractivity contribution in [1.29, 1.82) is 0 Å². The first-order valence-corrected chi connectivity index (χ1v) is 20.9. The molecule has 4 atom stereocenters. The molecule has 1 aliphatic carbocycles. The van der Waals surface area contributed by atoms with Crippen molar-refractivity contribution in [1.82, 2.24) is 9.88 Å². The highest BCUT2D eigenvalue weighted by molar-refractivity contribution is 6.99. The molecule has 2 aromatic heterocycles. The summed E-state index contributed by atoms with van der Waals surface area (Å²) in [6.07, 6.45) is 3.00. The number of aliphatic hydroxyl groups excluding tert-OH is 1. The number of aromatic nitrogens is 1. The minimum Gasteiger partial charge on any atom is -0.459 e. The number of fused-ring (bicyclic) bond motifs is 3. The molecule has 56 heavy (non-hydrogen) atoms. The molecular formula is C43H47BN2O9Si. The van der Waals surface area contributed by atoms with Gasteiger partial charge >= 0.3 is 13.2 Å². The molecule has 2 aliphatic heterocycles. The molecule has 7 rings (SSSR count). The average molecular weight is 775 g/mol. The fraction of sp³-hybridized carbons (Fsp3) is 0.349. The molecule has 2 aromatic carbocycles. The fourth-order valence-corrected chi connectivity index (χ4v) is 13.5. The van der Waals surface area contributed by atoms with Crippen molar-refractivity contribution in [2.45, 2.75) is 64.1 Å². The number of pyridine rings is 1. The quantitative estimate of drug-likeness (QED) is 0.112. The molecule has 0 radical (unpaired) electrons. The summed E-state index contributed by atoms with van der Waals surface area (Å²) in [5, 5.41) is 22.7. The number of carbonyl (C=O) groups excluding carboxylic acids is 3. The summed E-state index contributed by atoms with van der Waals surface area (Å²) >= 11 is 0. The summed E-state index contributed by atoms with van der Waals surface area (Å²) in [5.41, 5.74) is 3.22. The Morgan fingerprint density at radius 2 is 1.64 bits per heavy atom. The van der Waals surface area contributed by atoms with E-state index in [1.165, 1.54) is 0 Å². The zero-order valence-corrected chi connectivity index (χ0v) is 33.1. The summed E-state index contributed by atoms with van der Waals surface area (Å²) in [6.45, 7) is 6.51. The molecule has 3 amide bonds. The number of methoxy groups -OCH3 is 1. The number of amides is 3. The van der Waals surface area contributed by atoms with E-state index >= 15 is 0 Å². The van der Waals surface area contributed by atoms with Crippen LogP contribution in [0, 0.1) is 17.8 Å². The minimum atomic E-state index is -3.06. The van der Waals surface area contributed by atoms with Crippen LogP contribution < -0.4 is 10.4 Å². The number of hydrogen-bond acceptors (Lipinski definition) is 10. The van der Waals surface area contributed by atoms with Gasteiger partial charge in [-0.25, -0.2) is 4.79 Å². The second-order valence-electron chi connectivity index (χ2n) is 15.6. The van der Waals surface area contributed by atoms with E-state index in [1.54, 1.807) is 18.3 Å². The molecular weight excluding hydrogens is 727 g/mol. The van der Waals surface area contributed by atoms with E-state index in [-0.39, 0.29) is 31.0 Å². The van der Waals surface area contributed by atoms with Crippen molar-refractivity contribution in [2.24, 2.45) is 17.8 Å². The molecule has 0 spiro atoms. The summed E-state index contributed by atoms with van der Waals surface area (Å²) in [5.74, 6) is -2.54. The number of likely N-dealkylation sites (tertiary alicyclic amines) is 1. The van der Waals surface area contributed by atoms with E-state index in [0.717, 1.165) is 39.9 Å². The summed E-state index contributed by atoms with van der Waals surface area (Å²) in [4.78, 5) is 46.0. The van der Waals surface area contributed by atoms with E-state index in [4.69, 9.17) is 18.2 Å². The zero-order chi connectivity index (χ0) is 39.6. The SMILES string of the molecule is COC(=O)N1C(=O)[C@@H]2[C@@H](CC(CO[Si](c3ccccc3)(c3ccccc3)C(C)(C)C)=C3[C@@H](CC/C(=C/c4ccc(CO)o4)c4ccccn4)OB(O)C[C@@H]32)C1=O. The van der Waals surface area contributed by atoms with Crippen LogP contribution in [0.5, 0.6) is 0 Å². The highest BCUT2D eigenvalue weighted by Crippen LogP contribution is 2.51. The van der Waals surface area contributed by atoms with Crippen molar-refractivity contribution in [3.8, 4) is 0 Å². The number of aliphatic hydroxyl groups is 1. The number of allylic oxidation sites excluding steroid dienone is 1. The summed E-state index contributed by atoms with van der Waals surface area (Å²) < 4.78 is 24.5. The first-order valence-electron chi connectivity index (χ1n) is 19.0. The van der Waals surface area contributed by atoms with Crippen LogP contribution in [-0.2, 0) is 30.0 Å². The predicted octanol–water partition coefficient (Wildman–Crippen LogP) is 5.63. The summed E-state index contributed by atoms with van der Waals surface area (Å²) in [6, 6.07) is 29.7. The first kappa shape index (κ1) is 39.3. The van der Waals surface area contributed by atoms with Gasteiger partial charge in [0.05, 0.1) is 37.4 Å². The number of hydrogen-bond donors (Lipinski definition) is 2. The maximum absolute atomic E-state index is 14.0. The Balaban J connectivity index is 1.32. The maximum atomic E-state index is 14.0. The monoisotopic (exact) mass is 774 g/mol. The predicted molar refractivity (Wildman–Crippen MR) is 214 cm³/mol. The number of carbonyl (C=O) groups is 3. The van der Waals surface area contributed by atoms with Crippen LogP contribution >= 0.6 is 0 Å². The van der Waals surface area contributed by atoms with Gasteiger partial charge in [0.2, 0.25) is 11.8 Å². The smallest absolute Gasteiger partial charge is 0.455 e. The molecule has 13 heteroatoms. The van der Waals surface area contributed by atoms with Crippen LogP contribution in [0.25, 0.3) is 11.6 Å². The van der Waals surface area contributed by atoms with Gasteiger partial charge in [-0.05, 0) is 94.0 Å². The topological polar surface area (TPSA) is 149 Å². The molecule has 290 valence electrons. The first-order chi connectivity index (χ1) is 27.0. The Morgan fingerprint density at radius 1 is 0.964 bits per heavy atom. The molecule has 2 saturated heterocycles. The number of rotatable bonds is 11. The van der Waals surface area contributed by atoms with Gasteiger partial charge in [0.15, 0.2) is 0 Å². The molecule has 4 heterocycles. The van der Waals surface area contributed by atoms with Crippen molar-refractivity contribution < 1.29 is 42.7 Å². The van der Waals surface area contributed by atoms with Crippen LogP contribution in [0.1, 0.15) is 57.2 Å². The van der Waals surface area contributed by atoms with E-state index in [9.17, 15) is 24.5 Å². The van der Waals surface area contributed by atoms with Crippen LogP contribution in [-0.4, -0.2) is 73.2 Å². The Bertz CT molecular complexity index is 2080. The molecule has 0 unspecified atom stereocenters. The molecule has 2 fully saturated rings. The van der Waals surface area contributed by atoms with Gasteiger partial charge in [-0.1, -0.05) is 87.5 Å². The van der Waals surface area contributed by atoms with Crippen LogP contribution in [0.15, 0.2) is 113 Å². The Kier molecular flexibility index (Phi) is 11.4. The zero-order valence-electron chi connectivity index (χ0n) is 32.1. The Hall–Kier alpha value is -4.92. The van der Waals surface area contributed by atoms with E-state index < -0.39 is 57.2 Å². The van der Waals surface area contributed by atoms with Crippen LogP contribution in [0.3, 0.4) is 0 Å². The lowest BCUT2D eigenvalue weighted by Gasteiger charge is -2.46. The van der Waals surface area contributed by atoms with Gasteiger partial charge in [-0.2, -0.15) is 4.90 Å². The van der Waals surface area contributed by atoms with E-state index in [1.807, 2.05) is 60.7 Å². The third kappa shape index (κ3) is 7.37. The van der Waals surface area contributed by atoms with Gasteiger partial charge in [0.25, 0.3) is 8.32 Å². The lowest BCUT2D eigenvalue weighted by Crippen LogP contribution is -2.66. The Labute approximate surface area is 328 Å². The lowest BCUT2D eigenvalue weighted by molar-refractivity contribution is -0.137. The van der Waals surface area contributed by atoms with Gasteiger partial charge < -0.3 is 28.4 Å². The molecule has 0 saturated carbocycles. The normalized spacial score (nSPS) is 21.6. The highest BCUT2D eigenvalue weighted by atomic mass is 28.4. The molecule has 11 nitrogen and oxygen atoms in total. The number of benzene rings is 2. The van der Waals surface area contributed by atoms with Crippen LogP contribution in [0.4, 0.5) is 4.79 Å². The standard InChI is InChI=1S/C43H47BN2O9Si/c1-43(2,3)56(32-13-7-5-8-14-32,33-15-9-6-10-16-33)53-27-29-24-34-39(41(49)46(40(34)48)42(50)52-4)35-25-44(51)55-37(38(29)35)21-18-28(36-17-11-12-22-45-36)23-30-19-20-31(26-47)54-30/h5-17,19-20,22-23,34-35,37,39,47,51H,18,21,24-27H2,1-4H3/b28-23-/t34-,35+,37-,39-/m1/s1. The largest absolute Gasteiger partial charge is 0.459 e. The minimum absolute atomic E-state index is 0.0724. The molecule has 3 aliphatic rings. The average Bonchev–Trinajstić information content (AvgIpc) is 3.77. The fourth-order valence-electron chi connectivity index (χ4n) is 8.97.